The lowest BCUT2D eigenvalue weighted by Crippen LogP contribution is -2.50. The number of carboxylic acids is 1. The van der Waals surface area contributed by atoms with E-state index in [0.717, 1.165) is 64.2 Å². The Balaban J connectivity index is 4.46. The fourth-order valence-corrected chi connectivity index (χ4v) is 5.30. The van der Waals surface area contributed by atoms with Gasteiger partial charge < -0.3 is 23.8 Å². The number of esters is 2. The molecule has 0 aromatic carbocycles. The monoisotopic (exact) mass is 667 g/mol. The number of carbonyl (C=O) groups is 3. The predicted octanol–water partition coefficient (Wildman–Crippen LogP) is 9.35. The topological polar surface area (TPSA) is 99.1 Å². The third-order valence-electron chi connectivity index (χ3n) is 8.32. The highest BCUT2D eigenvalue weighted by Gasteiger charge is 2.31. The molecule has 47 heavy (non-hydrogen) atoms. The summed E-state index contributed by atoms with van der Waals surface area (Å²) >= 11 is 0. The zero-order valence-corrected chi connectivity index (χ0v) is 31.0. The minimum Gasteiger partial charge on any atom is -0.477 e. The molecule has 1 N–H and O–H groups in total. The first-order valence-electron chi connectivity index (χ1n) is 18.9. The average molecular weight is 667 g/mol. The van der Waals surface area contributed by atoms with Gasteiger partial charge in [-0.15, -0.1) is 0 Å². The Kier molecular flexibility index (Phi) is 29.7. The van der Waals surface area contributed by atoms with Crippen molar-refractivity contribution >= 4 is 17.9 Å². The van der Waals surface area contributed by atoms with Crippen molar-refractivity contribution in [2.75, 3.05) is 41.0 Å². The molecule has 0 radical (unpaired) electrons. The van der Waals surface area contributed by atoms with Crippen LogP contribution in [-0.2, 0) is 28.6 Å². The predicted molar refractivity (Wildman–Crippen MR) is 192 cm³/mol. The Morgan fingerprint density at radius 3 is 1.60 bits per heavy atom. The van der Waals surface area contributed by atoms with E-state index in [1.165, 1.54) is 57.8 Å². The molecule has 0 fully saturated rings. The van der Waals surface area contributed by atoms with E-state index in [1.54, 1.807) is 0 Å². The number of hydrogen-bond donors (Lipinski definition) is 1. The van der Waals surface area contributed by atoms with Crippen LogP contribution in [0.3, 0.4) is 0 Å². The molecule has 0 aliphatic carbocycles. The first-order valence-corrected chi connectivity index (χ1v) is 18.9. The third kappa shape index (κ3) is 29.7. The summed E-state index contributed by atoms with van der Waals surface area (Å²) in [5.41, 5.74) is 0. The lowest BCUT2D eigenvalue weighted by molar-refractivity contribution is -0.887. The smallest absolute Gasteiger partial charge is 0.362 e. The minimum atomic E-state index is -0.879. The summed E-state index contributed by atoms with van der Waals surface area (Å²) in [6.45, 7) is 4.64. The van der Waals surface area contributed by atoms with Gasteiger partial charge in [0.2, 0.25) is 0 Å². The van der Waals surface area contributed by atoms with Crippen molar-refractivity contribution in [2.24, 2.45) is 0 Å². The van der Waals surface area contributed by atoms with E-state index >= 15 is 0 Å². The highest BCUT2D eigenvalue weighted by molar-refractivity contribution is 5.72. The van der Waals surface area contributed by atoms with Gasteiger partial charge in [-0.25, -0.2) is 4.79 Å². The molecule has 0 aliphatic heterocycles. The molecule has 8 heteroatoms. The van der Waals surface area contributed by atoms with Crippen molar-refractivity contribution in [3.63, 3.8) is 0 Å². The molecule has 0 heterocycles. The van der Waals surface area contributed by atoms with Crippen LogP contribution in [0.25, 0.3) is 0 Å². The maximum atomic E-state index is 12.6. The van der Waals surface area contributed by atoms with Gasteiger partial charge in [0, 0.05) is 19.3 Å². The standard InChI is InChI=1S/C39H71NO7/c1-6-8-10-12-14-16-18-20-21-23-25-27-29-37(41)46-34-35(33-45-32-31-36(39(43)44)40(3,4)5)47-38(42)30-28-26-24-22-19-17-15-13-11-9-7-2/h13-16,35-36H,6-12,17-34H2,1-5H3/p+1/b15-13+,16-14+. The maximum Gasteiger partial charge on any atom is 0.362 e. The lowest BCUT2D eigenvalue weighted by Gasteiger charge is -2.31. The number of nitrogens with zero attached hydrogens (tertiary/aromatic N) is 1. The molecule has 0 aromatic rings. The molecule has 274 valence electrons. The Morgan fingerprint density at radius 1 is 0.617 bits per heavy atom. The molecule has 0 bridgehead atoms. The molecule has 0 amide bonds. The van der Waals surface area contributed by atoms with E-state index < -0.39 is 18.1 Å². The van der Waals surface area contributed by atoms with Gasteiger partial charge in [0.25, 0.3) is 0 Å². The minimum absolute atomic E-state index is 0.0569. The van der Waals surface area contributed by atoms with Crippen molar-refractivity contribution in [1.82, 2.24) is 0 Å². The van der Waals surface area contributed by atoms with Crippen molar-refractivity contribution in [3.8, 4) is 0 Å². The average Bonchev–Trinajstić information content (AvgIpc) is 3.01. The van der Waals surface area contributed by atoms with Crippen molar-refractivity contribution < 1.29 is 38.2 Å². The maximum absolute atomic E-state index is 12.6. The van der Waals surface area contributed by atoms with Gasteiger partial charge in [0.05, 0.1) is 34.4 Å². The summed E-state index contributed by atoms with van der Waals surface area (Å²) in [6, 6.07) is -0.613. The Hall–Kier alpha value is -2.19. The fourth-order valence-electron chi connectivity index (χ4n) is 5.30. The fraction of sp³-hybridized carbons (Fsp3) is 0.821. The highest BCUT2D eigenvalue weighted by atomic mass is 16.6. The summed E-state index contributed by atoms with van der Waals surface area (Å²) < 4.78 is 17.2. The van der Waals surface area contributed by atoms with Gasteiger partial charge in [0.15, 0.2) is 12.1 Å². The molecule has 8 nitrogen and oxygen atoms in total. The van der Waals surface area contributed by atoms with Crippen molar-refractivity contribution in [1.29, 1.82) is 0 Å². The number of unbranched alkanes of at least 4 members (excludes halogenated alkanes) is 15. The molecular weight excluding hydrogens is 594 g/mol. The highest BCUT2D eigenvalue weighted by Crippen LogP contribution is 2.13. The van der Waals surface area contributed by atoms with Gasteiger partial charge in [-0.05, 0) is 57.8 Å². The molecule has 2 atom stereocenters. The van der Waals surface area contributed by atoms with E-state index in [2.05, 4.69) is 38.2 Å². The number of carbonyl (C=O) groups excluding carboxylic acids is 2. The zero-order valence-electron chi connectivity index (χ0n) is 31.0. The second kappa shape index (κ2) is 31.1. The van der Waals surface area contributed by atoms with Crippen LogP contribution in [0.1, 0.15) is 155 Å². The number of likely N-dealkylation sites (N-methyl/N-ethyl adjacent to an activating group) is 1. The number of rotatable bonds is 33. The van der Waals surface area contributed by atoms with Crippen LogP contribution in [-0.4, -0.2) is 80.6 Å². The quantitative estimate of drug-likeness (QED) is 0.0322. The molecule has 0 saturated carbocycles. The van der Waals surface area contributed by atoms with Crippen LogP contribution in [0.4, 0.5) is 0 Å². The number of carboxylic acid groups (broad SMARTS) is 1. The van der Waals surface area contributed by atoms with Gasteiger partial charge in [-0.3, -0.25) is 9.59 Å². The van der Waals surface area contributed by atoms with Gasteiger partial charge >= 0.3 is 17.9 Å². The first-order chi connectivity index (χ1) is 22.6. The Labute approximate surface area is 288 Å². The van der Waals surface area contributed by atoms with Crippen molar-refractivity contribution in [2.45, 2.75) is 167 Å². The first kappa shape index (κ1) is 44.8. The Morgan fingerprint density at radius 2 is 1.09 bits per heavy atom. The zero-order chi connectivity index (χ0) is 35.0. The Bertz CT molecular complexity index is 834. The van der Waals surface area contributed by atoms with E-state index in [0.29, 0.717) is 19.3 Å². The summed E-state index contributed by atoms with van der Waals surface area (Å²) in [5, 5.41) is 9.57. The number of quaternary nitrogens is 1. The summed E-state index contributed by atoms with van der Waals surface area (Å²) in [6.07, 6.45) is 30.7. The number of aliphatic carboxylic acids is 1. The van der Waals surface area contributed by atoms with Crippen LogP contribution < -0.4 is 0 Å². The summed E-state index contributed by atoms with van der Waals surface area (Å²) in [4.78, 5) is 36.7. The number of hydrogen-bond acceptors (Lipinski definition) is 6. The normalized spacial score (nSPS) is 13.3. The summed E-state index contributed by atoms with van der Waals surface area (Å²) in [7, 11) is 5.51. The van der Waals surface area contributed by atoms with Gasteiger partial charge in [-0.2, -0.15) is 0 Å². The molecule has 0 aliphatic rings. The van der Waals surface area contributed by atoms with Crippen LogP contribution in [0.2, 0.25) is 0 Å². The third-order valence-corrected chi connectivity index (χ3v) is 8.32. The molecule has 0 saturated heterocycles. The largest absolute Gasteiger partial charge is 0.477 e. The lowest BCUT2D eigenvalue weighted by atomic mass is 10.1. The van der Waals surface area contributed by atoms with Crippen LogP contribution in [0, 0.1) is 0 Å². The van der Waals surface area contributed by atoms with Crippen LogP contribution in [0.15, 0.2) is 24.3 Å². The SMILES string of the molecule is CCCC/C=C/CCCCCCCC(=O)OC(COCCC(C(=O)O)[N+](C)(C)C)COC(=O)CCCCCCC/C=C/CCCCC. The molecule has 0 aromatic heterocycles. The second-order valence-electron chi connectivity index (χ2n) is 13.8. The number of allylic oxidation sites excluding steroid dienone is 4. The van der Waals surface area contributed by atoms with E-state index in [1.807, 2.05) is 21.1 Å². The number of ether oxygens (including phenoxy) is 3. The van der Waals surface area contributed by atoms with Gasteiger partial charge in [-0.1, -0.05) is 102 Å². The molecule has 2 unspecified atom stereocenters. The van der Waals surface area contributed by atoms with Gasteiger partial charge in [0.1, 0.15) is 6.61 Å². The summed E-state index contributed by atoms with van der Waals surface area (Å²) in [5.74, 6) is -1.49. The van der Waals surface area contributed by atoms with E-state index in [9.17, 15) is 19.5 Å². The second-order valence-corrected chi connectivity index (χ2v) is 13.8. The molecule has 0 spiro atoms. The molecular formula is C39H72NO7+. The van der Waals surface area contributed by atoms with Crippen LogP contribution in [0.5, 0.6) is 0 Å². The van der Waals surface area contributed by atoms with E-state index in [4.69, 9.17) is 14.2 Å². The molecule has 0 rings (SSSR count). The van der Waals surface area contributed by atoms with E-state index in [-0.39, 0.29) is 36.2 Å². The van der Waals surface area contributed by atoms with Crippen LogP contribution >= 0.6 is 0 Å². The van der Waals surface area contributed by atoms with Crippen molar-refractivity contribution in [3.05, 3.63) is 24.3 Å².